The van der Waals surface area contributed by atoms with Crippen LogP contribution < -0.4 is 10.6 Å². The smallest absolute Gasteiger partial charge is 0.313 e. The summed E-state index contributed by atoms with van der Waals surface area (Å²) in [5.41, 5.74) is -0.712. The fourth-order valence-corrected chi connectivity index (χ4v) is 2.05. The second-order valence-electron chi connectivity index (χ2n) is 4.69. The van der Waals surface area contributed by atoms with Gasteiger partial charge in [-0.15, -0.1) is 0 Å². The van der Waals surface area contributed by atoms with Gasteiger partial charge in [-0.25, -0.2) is 0 Å². The number of hydrogen-bond donors (Lipinski definition) is 3. The number of carbonyl (C=O) groups is 2. The van der Waals surface area contributed by atoms with Crippen LogP contribution in [0.25, 0.3) is 0 Å². The standard InChI is InChI=1S/C14H18Cl2N2O3/c1-3-14(21,4-2)8-17-12(19)13(20)18-11-6-5-9(15)7-10(11)16/h5-7,21H,3-4,8H2,1-2H3,(H,17,19)(H,18,20). The number of benzene rings is 1. The minimum Gasteiger partial charge on any atom is -0.388 e. The zero-order chi connectivity index (χ0) is 16.0. The highest BCUT2D eigenvalue weighted by molar-refractivity contribution is 6.42. The lowest BCUT2D eigenvalue weighted by atomic mass is 9.98. The van der Waals surface area contributed by atoms with Gasteiger partial charge in [-0.2, -0.15) is 0 Å². The molecule has 5 nitrogen and oxygen atoms in total. The molecule has 1 aromatic rings. The van der Waals surface area contributed by atoms with Gasteiger partial charge in [0.25, 0.3) is 0 Å². The number of amides is 2. The van der Waals surface area contributed by atoms with E-state index in [0.29, 0.717) is 23.6 Å². The predicted octanol–water partition coefficient (Wildman–Crippen LogP) is 2.60. The maximum absolute atomic E-state index is 11.7. The van der Waals surface area contributed by atoms with Crippen molar-refractivity contribution in [2.75, 3.05) is 11.9 Å². The summed E-state index contributed by atoms with van der Waals surface area (Å²) in [6, 6.07) is 4.52. The summed E-state index contributed by atoms with van der Waals surface area (Å²) in [5.74, 6) is -1.69. The molecule has 0 radical (unpaired) electrons. The van der Waals surface area contributed by atoms with E-state index in [0.717, 1.165) is 0 Å². The van der Waals surface area contributed by atoms with Crippen LogP contribution in [0.3, 0.4) is 0 Å². The number of hydrogen-bond acceptors (Lipinski definition) is 3. The summed E-state index contributed by atoms with van der Waals surface area (Å²) >= 11 is 11.6. The first-order chi connectivity index (χ1) is 9.81. The Morgan fingerprint density at radius 1 is 1.19 bits per heavy atom. The number of aliphatic hydroxyl groups is 1. The van der Waals surface area contributed by atoms with Crippen molar-refractivity contribution in [3.05, 3.63) is 28.2 Å². The quantitative estimate of drug-likeness (QED) is 0.725. The molecule has 0 aliphatic heterocycles. The third kappa shape index (κ3) is 5.19. The summed E-state index contributed by atoms with van der Waals surface area (Å²) in [4.78, 5) is 23.4. The molecule has 0 spiro atoms. The Hall–Kier alpha value is -1.30. The molecule has 0 saturated carbocycles. The summed E-state index contributed by atoms with van der Waals surface area (Å²) in [6.07, 6.45) is 0.961. The Labute approximate surface area is 133 Å². The molecule has 7 heteroatoms. The molecule has 21 heavy (non-hydrogen) atoms. The van der Waals surface area contributed by atoms with Crippen molar-refractivity contribution in [2.45, 2.75) is 32.3 Å². The molecule has 1 aromatic carbocycles. The largest absolute Gasteiger partial charge is 0.388 e. The van der Waals surface area contributed by atoms with Gasteiger partial charge in [-0.1, -0.05) is 37.0 Å². The third-order valence-corrected chi connectivity index (χ3v) is 3.83. The molecular formula is C14H18Cl2N2O3. The van der Waals surface area contributed by atoms with Crippen LogP contribution in [0.2, 0.25) is 10.0 Å². The zero-order valence-corrected chi connectivity index (χ0v) is 13.4. The zero-order valence-electron chi connectivity index (χ0n) is 11.9. The van der Waals surface area contributed by atoms with Gasteiger partial charge in [0, 0.05) is 11.6 Å². The fraction of sp³-hybridized carbons (Fsp3) is 0.429. The van der Waals surface area contributed by atoms with Crippen LogP contribution in [-0.4, -0.2) is 29.1 Å². The highest BCUT2D eigenvalue weighted by atomic mass is 35.5. The number of nitrogens with one attached hydrogen (secondary N) is 2. The number of halogens is 2. The molecule has 0 aliphatic carbocycles. The lowest BCUT2D eigenvalue weighted by Crippen LogP contribution is -2.45. The van der Waals surface area contributed by atoms with Gasteiger partial charge in [-0.3, -0.25) is 9.59 Å². The highest BCUT2D eigenvalue weighted by Gasteiger charge is 2.24. The SMILES string of the molecule is CCC(O)(CC)CNC(=O)C(=O)Nc1ccc(Cl)cc1Cl. The summed E-state index contributed by atoms with van der Waals surface area (Å²) in [5, 5.41) is 15.5. The lowest BCUT2D eigenvalue weighted by Gasteiger charge is -2.25. The number of anilines is 1. The van der Waals surface area contributed by atoms with Crippen molar-refractivity contribution >= 4 is 40.7 Å². The van der Waals surface area contributed by atoms with E-state index in [1.165, 1.54) is 12.1 Å². The first-order valence-electron chi connectivity index (χ1n) is 6.58. The first-order valence-corrected chi connectivity index (χ1v) is 7.33. The van der Waals surface area contributed by atoms with E-state index in [2.05, 4.69) is 10.6 Å². The van der Waals surface area contributed by atoms with Crippen LogP contribution in [0.15, 0.2) is 18.2 Å². The van der Waals surface area contributed by atoms with E-state index in [9.17, 15) is 14.7 Å². The second kappa shape index (κ2) is 7.64. The van der Waals surface area contributed by atoms with Gasteiger partial charge >= 0.3 is 11.8 Å². The molecule has 0 unspecified atom stereocenters. The maximum atomic E-state index is 11.7. The average molecular weight is 333 g/mol. The molecule has 0 aliphatic rings. The van der Waals surface area contributed by atoms with E-state index < -0.39 is 17.4 Å². The third-order valence-electron chi connectivity index (χ3n) is 3.28. The monoisotopic (exact) mass is 332 g/mol. The topological polar surface area (TPSA) is 78.4 Å². The van der Waals surface area contributed by atoms with Crippen molar-refractivity contribution in [1.29, 1.82) is 0 Å². The molecule has 0 bridgehead atoms. The number of carbonyl (C=O) groups excluding carboxylic acids is 2. The first kappa shape index (κ1) is 17.8. The average Bonchev–Trinajstić information content (AvgIpc) is 2.47. The van der Waals surface area contributed by atoms with Crippen molar-refractivity contribution in [1.82, 2.24) is 5.32 Å². The Balaban J connectivity index is 2.61. The van der Waals surface area contributed by atoms with Crippen molar-refractivity contribution in [3.63, 3.8) is 0 Å². The van der Waals surface area contributed by atoms with E-state index in [4.69, 9.17) is 23.2 Å². The van der Waals surface area contributed by atoms with Gasteiger partial charge in [0.2, 0.25) is 0 Å². The summed E-state index contributed by atoms with van der Waals surface area (Å²) in [6.45, 7) is 3.63. The Morgan fingerprint density at radius 3 is 2.33 bits per heavy atom. The van der Waals surface area contributed by atoms with Crippen LogP contribution in [0.1, 0.15) is 26.7 Å². The van der Waals surface area contributed by atoms with Gasteiger partial charge in [0.05, 0.1) is 16.3 Å². The Bertz CT molecular complexity index is 531. The van der Waals surface area contributed by atoms with Crippen LogP contribution in [0.4, 0.5) is 5.69 Å². The molecule has 0 fully saturated rings. The van der Waals surface area contributed by atoms with Crippen molar-refractivity contribution < 1.29 is 14.7 Å². The molecule has 0 atom stereocenters. The summed E-state index contributed by atoms with van der Waals surface area (Å²) in [7, 11) is 0. The molecule has 1 rings (SSSR count). The molecule has 2 amide bonds. The van der Waals surface area contributed by atoms with Gasteiger partial charge in [0.15, 0.2) is 0 Å². The van der Waals surface area contributed by atoms with Crippen LogP contribution in [0, 0.1) is 0 Å². The normalized spacial score (nSPS) is 11.1. The van der Waals surface area contributed by atoms with Crippen molar-refractivity contribution in [2.24, 2.45) is 0 Å². The van der Waals surface area contributed by atoms with E-state index in [-0.39, 0.29) is 11.6 Å². The summed E-state index contributed by atoms with van der Waals surface area (Å²) < 4.78 is 0. The molecular weight excluding hydrogens is 315 g/mol. The van der Waals surface area contributed by atoms with Gasteiger partial charge in [0.1, 0.15) is 0 Å². The molecule has 116 valence electrons. The van der Waals surface area contributed by atoms with E-state index in [1.54, 1.807) is 6.07 Å². The van der Waals surface area contributed by atoms with Crippen LogP contribution in [0.5, 0.6) is 0 Å². The molecule has 3 N–H and O–H groups in total. The molecule has 0 aromatic heterocycles. The molecule has 0 heterocycles. The Kier molecular flexibility index (Phi) is 6.45. The highest BCUT2D eigenvalue weighted by Crippen LogP contribution is 2.25. The second-order valence-corrected chi connectivity index (χ2v) is 5.54. The van der Waals surface area contributed by atoms with E-state index >= 15 is 0 Å². The minimum absolute atomic E-state index is 0.0145. The number of rotatable bonds is 5. The van der Waals surface area contributed by atoms with Crippen molar-refractivity contribution in [3.8, 4) is 0 Å². The Morgan fingerprint density at radius 2 is 1.81 bits per heavy atom. The maximum Gasteiger partial charge on any atom is 0.313 e. The van der Waals surface area contributed by atoms with Crippen LogP contribution >= 0.6 is 23.2 Å². The van der Waals surface area contributed by atoms with Gasteiger partial charge in [-0.05, 0) is 31.0 Å². The minimum atomic E-state index is -1.01. The van der Waals surface area contributed by atoms with Gasteiger partial charge < -0.3 is 15.7 Å². The predicted molar refractivity (Wildman–Crippen MR) is 83.6 cm³/mol. The fourth-order valence-electron chi connectivity index (χ4n) is 1.60. The molecule has 0 saturated heterocycles. The van der Waals surface area contributed by atoms with E-state index in [1.807, 2.05) is 13.8 Å². The van der Waals surface area contributed by atoms with Crippen LogP contribution in [-0.2, 0) is 9.59 Å². The lowest BCUT2D eigenvalue weighted by molar-refractivity contribution is -0.136.